The van der Waals surface area contributed by atoms with Gasteiger partial charge in [-0.3, -0.25) is 0 Å². The average molecular weight is 807 g/mol. The van der Waals surface area contributed by atoms with Gasteiger partial charge < -0.3 is 0 Å². The molecule has 0 aromatic heterocycles. The van der Waals surface area contributed by atoms with Gasteiger partial charge in [0, 0.05) is 0 Å². The molecular weight excluding hydrogens is 704 g/mol. The van der Waals surface area contributed by atoms with Crippen molar-refractivity contribution in [2.75, 3.05) is 32.8 Å². The van der Waals surface area contributed by atoms with Gasteiger partial charge in [-0.1, -0.05) is 0 Å². The summed E-state index contributed by atoms with van der Waals surface area (Å²) in [5.41, 5.74) is 0. The summed E-state index contributed by atoms with van der Waals surface area (Å²) >= 11 is -2.07. The molecule has 0 spiro atoms. The SMILES string of the molecule is CCCCCCCCCC[N](CCCCCCCCCC)[Ti]([O]CC(CC)CCCC)[N](CCCCCCCCCC)CCCCCCCCCC.Cl. The Morgan fingerprint density at radius 3 is 0.830 bits per heavy atom. The molecular formula is C48H102ClN2OTi. The first-order valence-electron chi connectivity index (χ1n) is 24.7. The van der Waals surface area contributed by atoms with E-state index in [1.807, 2.05) is 0 Å². The third-order valence-corrected chi connectivity index (χ3v) is 15.4. The maximum Gasteiger partial charge on any atom is -0.147 e. The number of rotatable bonds is 45. The first kappa shape index (κ1) is 56.0. The monoisotopic (exact) mass is 806 g/mol. The van der Waals surface area contributed by atoms with Crippen LogP contribution in [0.5, 0.6) is 0 Å². The molecule has 0 aliphatic carbocycles. The second-order valence-corrected chi connectivity index (χ2v) is 20.2. The van der Waals surface area contributed by atoms with Gasteiger partial charge in [0.1, 0.15) is 0 Å². The number of halogens is 1. The zero-order valence-corrected chi connectivity index (χ0v) is 40.2. The minimum absolute atomic E-state index is 0. The quantitative estimate of drug-likeness (QED) is 0.0450. The van der Waals surface area contributed by atoms with E-state index >= 15 is 0 Å². The minimum Gasteiger partial charge on any atom is -0.147 e. The fourth-order valence-corrected chi connectivity index (χ4v) is 11.8. The summed E-state index contributed by atoms with van der Waals surface area (Å²) in [6.07, 6.45) is 50.6. The average Bonchev–Trinajstić information content (AvgIpc) is 3.16. The Hall–Kier alpha value is 0.884. The molecule has 0 amide bonds. The zero-order valence-electron chi connectivity index (χ0n) is 37.8. The van der Waals surface area contributed by atoms with E-state index in [0.29, 0.717) is 0 Å². The molecule has 3 nitrogen and oxygen atoms in total. The molecule has 0 rings (SSSR count). The zero-order chi connectivity index (χ0) is 38.0. The van der Waals surface area contributed by atoms with Gasteiger partial charge in [-0.05, 0) is 0 Å². The summed E-state index contributed by atoms with van der Waals surface area (Å²) in [5.74, 6) is 0.739. The molecule has 0 fully saturated rings. The number of hydrogen-bond donors (Lipinski definition) is 0. The molecule has 0 heterocycles. The van der Waals surface area contributed by atoms with Crippen molar-refractivity contribution in [3.8, 4) is 0 Å². The Balaban J connectivity index is 0. The molecule has 0 saturated carbocycles. The van der Waals surface area contributed by atoms with Crippen LogP contribution in [0.25, 0.3) is 0 Å². The first-order chi connectivity index (χ1) is 25.7. The molecule has 0 N–H and O–H groups in total. The Morgan fingerprint density at radius 2 is 0.585 bits per heavy atom. The van der Waals surface area contributed by atoms with Gasteiger partial charge >= 0.3 is 340 Å². The fourth-order valence-electron chi connectivity index (χ4n) is 7.83. The van der Waals surface area contributed by atoms with Crippen LogP contribution in [0, 0.1) is 5.92 Å². The van der Waals surface area contributed by atoms with Gasteiger partial charge in [0.25, 0.3) is 0 Å². The summed E-state index contributed by atoms with van der Waals surface area (Å²) < 4.78 is 13.5. The Labute approximate surface area is 350 Å². The van der Waals surface area contributed by atoms with Crippen LogP contribution in [0.1, 0.15) is 273 Å². The molecule has 0 saturated heterocycles. The first-order valence-corrected chi connectivity index (χ1v) is 26.7. The summed E-state index contributed by atoms with van der Waals surface area (Å²) in [4.78, 5) is 0. The van der Waals surface area contributed by atoms with Crippen LogP contribution >= 0.6 is 12.4 Å². The van der Waals surface area contributed by atoms with Crippen molar-refractivity contribution in [1.82, 2.24) is 6.76 Å². The van der Waals surface area contributed by atoms with E-state index in [2.05, 4.69) is 48.3 Å². The maximum atomic E-state index is 7.43. The second-order valence-electron chi connectivity index (χ2n) is 16.9. The third-order valence-electron chi connectivity index (χ3n) is 11.7. The topological polar surface area (TPSA) is 15.7 Å². The van der Waals surface area contributed by atoms with E-state index in [9.17, 15) is 0 Å². The van der Waals surface area contributed by atoms with E-state index < -0.39 is 18.8 Å². The molecule has 0 aliphatic rings. The molecule has 0 bridgehead atoms. The van der Waals surface area contributed by atoms with E-state index in [0.717, 1.165) is 12.5 Å². The Bertz CT molecular complexity index is 571. The van der Waals surface area contributed by atoms with Gasteiger partial charge in [0.05, 0.1) is 0 Å². The van der Waals surface area contributed by atoms with Crippen molar-refractivity contribution in [3.63, 3.8) is 0 Å². The molecule has 321 valence electrons. The molecule has 0 radical (unpaired) electrons. The van der Waals surface area contributed by atoms with Crippen molar-refractivity contribution in [1.29, 1.82) is 0 Å². The van der Waals surface area contributed by atoms with Crippen molar-refractivity contribution in [2.45, 2.75) is 273 Å². The van der Waals surface area contributed by atoms with Gasteiger partial charge in [-0.2, -0.15) is 0 Å². The largest absolute Gasteiger partial charge is 0.147 e. The maximum absolute atomic E-state index is 7.43. The van der Waals surface area contributed by atoms with Crippen LogP contribution < -0.4 is 0 Å². The predicted octanol–water partition coefficient (Wildman–Crippen LogP) is 17.2. The standard InChI is InChI=1S/2C20H42N.C8H17O.ClH.Ti/c2*1-3-5-7-9-11-13-15-17-19-21-20-18-16-14-12-10-8-6-4-2;1-3-5-6-8(4-2)7-9;;/h2*3-20H2,1-2H3;8H,3-7H2,1-2H3;1H;/q3*-1;;+3. The predicted molar refractivity (Wildman–Crippen MR) is 240 cm³/mol. The summed E-state index contributed by atoms with van der Waals surface area (Å²) in [6.45, 7) is 20.3. The molecule has 0 aromatic carbocycles. The molecule has 1 unspecified atom stereocenters. The van der Waals surface area contributed by atoms with Crippen LogP contribution in [0.4, 0.5) is 0 Å². The van der Waals surface area contributed by atoms with Crippen molar-refractivity contribution in [3.05, 3.63) is 0 Å². The van der Waals surface area contributed by atoms with Crippen LogP contribution in [-0.4, -0.2) is 39.5 Å². The van der Waals surface area contributed by atoms with E-state index in [1.165, 1.54) is 257 Å². The van der Waals surface area contributed by atoms with Crippen LogP contribution in [0.3, 0.4) is 0 Å². The van der Waals surface area contributed by atoms with E-state index in [-0.39, 0.29) is 12.4 Å². The van der Waals surface area contributed by atoms with Gasteiger partial charge in [-0.15, -0.1) is 12.4 Å². The summed E-state index contributed by atoms with van der Waals surface area (Å²) in [7, 11) is 0. The summed E-state index contributed by atoms with van der Waals surface area (Å²) in [6, 6.07) is 0. The van der Waals surface area contributed by atoms with Crippen LogP contribution in [-0.2, 0) is 22.1 Å². The van der Waals surface area contributed by atoms with Gasteiger partial charge in [0.2, 0.25) is 0 Å². The van der Waals surface area contributed by atoms with E-state index in [1.54, 1.807) is 0 Å². The molecule has 0 aliphatic heterocycles. The molecule has 53 heavy (non-hydrogen) atoms. The third kappa shape index (κ3) is 38.2. The Kier molecular flexibility index (Phi) is 49.9. The molecule has 1 atom stereocenters. The second kappa shape index (κ2) is 47.3. The van der Waals surface area contributed by atoms with Gasteiger partial charge in [-0.25, -0.2) is 0 Å². The van der Waals surface area contributed by atoms with Gasteiger partial charge in [0.15, 0.2) is 0 Å². The smallest absolute Gasteiger partial charge is 0.147 e. The number of hydrogen-bond acceptors (Lipinski definition) is 3. The number of unbranched alkanes of at least 4 members (excludes halogenated alkanes) is 29. The number of nitrogens with zero attached hydrogens (tertiary/aromatic N) is 2. The van der Waals surface area contributed by atoms with Crippen molar-refractivity contribution < 1.29 is 22.1 Å². The normalized spacial score (nSPS) is 12.2. The molecule has 5 heteroatoms. The minimum atomic E-state index is -2.07. The summed E-state index contributed by atoms with van der Waals surface area (Å²) in [5, 5.41) is 0. The fraction of sp³-hybridized carbons (Fsp3) is 1.00. The van der Waals surface area contributed by atoms with Crippen molar-refractivity contribution in [2.24, 2.45) is 5.92 Å². The van der Waals surface area contributed by atoms with Crippen LogP contribution in [0.15, 0.2) is 0 Å². The molecule has 0 aromatic rings. The Morgan fingerprint density at radius 1 is 0.340 bits per heavy atom. The van der Waals surface area contributed by atoms with Crippen LogP contribution in [0.2, 0.25) is 0 Å². The van der Waals surface area contributed by atoms with Crippen molar-refractivity contribution >= 4 is 12.4 Å². The van der Waals surface area contributed by atoms with E-state index in [4.69, 9.17) is 3.32 Å².